The van der Waals surface area contributed by atoms with E-state index in [2.05, 4.69) is 4.90 Å². The molecule has 0 saturated heterocycles. The van der Waals surface area contributed by atoms with Crippen LogP contribution in [0.2, 0.25) is 0 Å². The molecule has 0 saturated carbocycles. The highest BCUT2D eigenvalue weighted by atomic mass is 35.5. The van der Waals surface area contributed by atoms with Gasteiger partial charge in [-0.3, -0.25) is 4.79 Å². The predicted molar refractivity (Wildman–Crippen MR) is 136 cm³/mol. The van der Waals surface area contributed by atoms with Crippen molar-refractivity contribution in [2.75, 3.05) is 30.1 Å². The monoisotopic (exact) mass is 485 g/mol. The van der Waals surface area contributed by atoms with Gasteiger partial charge in [0, 0.05) is 31.5 Å². The van der Waals surface area contributed by atoms with E-state index in [9.17, 15) is 9.90 Å². The van der Waals surface area contributed by atoms with Crippen molar-refractivity contribution in [1.82, 2.24) is 0 Å². The fourth-order valence-electron chi connectivity index (χ4n) is 4.31. The van der Waals surface area contributed by atoms with E-state index in [0.717, 1.165) is 41.3 Å². The summed E-state index contributed by atoms with van der Waals surface area (Å²) in [5.74, 6) is 0.151. The summed E-state index contributed by atoms with van der Waals surface area (Å²) in [6.45, 7) is 1.40. The van der Waals surface area contributed by atoms with Gasteiger partial charge in [0.2, 0.25) is 0 Å². The molecule has 2 heterocycles. The van der Waals surface area contributed by atoms with Crippen LogP contribution in [-0.2, 0) is 0 Å². The van der Waals surface area contributed by atoms with Crippen LogP contribution in [-0.4, -0.2) is 36.8 Å². The van der Waals surface area contributed by atoms with Gasteiger partial charge >= 0.3 is 0 Å². The number of rotatable bonds is 4. The summed E-state index contributed by atoms with van der Waals surface area (Å²) in [5.41, 5.74) is 4.69. The standard InChI is InChI=1S/C25H23N3O3.2ClH/c1-31-22-16-19-20(12-14-27-15-13-21(29)23(24(19)27)25(22)30)26-28(17-8-4-2-5-9-17)18-10-6-3-7-11-18;;/h2-11,16,30H,12-15H2,1H3;2*1H. The lowest BCUT2D eigenvalue weighted by Gasteiger charge is -2.37. The van der Waals surface area contributed by atoms with Gasteiger partial charge in [0.25, 0.3) is 0 Å². The topological polar surface area (TPSA) is 65.4 Å². The third-order valence-electron chi connectivity index (χ3n) is 5.81. The minimum absolute atomic E-state index is 0. The number of hydrogen-bond acceptors (Lipinski definition) is 6. The van der Waals surface area contributed by atoms with Crippen molar-refractivity contribution in [1.29, 1.82) is 0 Å². The molecule has 0 radical (unpaired) electrons. The second-order valence-corrected chi connectivity index (χ2v) is 7.64. The molecule has 0 amide bonds. The largest absolute Gasteiger partial charge is 0.504 e. The predicted octanol–water partition coefficient (Wildman–Crippen LogP) is 5.58. The Labute approximate surface area is 205 Å². The minimum atomic E-state index is -0.0832. The maximum absolute atomic E-state index is 12.7. The highest BCUT2D eigenvalue weighted by Gasteiger charge is 2.35. The van der Waals surface area contributed by atoms with Crippen molar-refractivity contribution in [2.45, 2.75) is 12.8 Å². The number of anilines is 3. The molecule has 0 fully saturated rings. The summed E-state index contributed by atoms with van der Waals surface area (Å²) >= 11 is 0. The molecule has 3 aromatic rings. The van der Waals surface area contributed by atoms with E-state index in [0.29, 0.717) is 24.3 Å². The van der Waals surface area contributed by atoms with Gasteiger partial charge in [-0.2, -0.15) is 5.10 Å². The molecule has 2 aliphatic rings. The number of Topliss-reactive ketones (excluding diaryl/α,β-unsaturated/α-hetero) is 1. The smallest absolute Gasteiger partial charge is 0.170 e. The van der Waals surface area contributed by atoms with Crippen LogP contribution in [0, 0.1) is 0 Å². The van der Waals surface area contributed by atoms with Crippen LogP contribution in [0.25, 0.3) is 0 Å². The van der Waals surface area contributed by atoms with Crippen molar-refractivity contribution in [3.8, 4) is 11.5 Å². The lowest BCUT2D eigenvalue weighted by atomic mass is 9.89. The summed E-state index contributed by atoms with van der Waals surface area (Å²) in [7, 11) is 1.50. The molecule has 8 heteroatoms. The number of phenols is 1. The normalized spacial score (nSPS) is 15.2. The Kier molecular flexibility index (Phi) is 7.51. The molecule has 0 bridgehead atoms. The van der Waals surface area contributed by atoms with E-state index in [4.69, 9.17) is 9.84 Å². The minimum Gasteiger partial charge on any atom is -0.504 e. The first kappa shape index (κ1) is 24.4. The van der Waals surface area contributed by atoms with E-state index < -0.39 is 0 Å². The van der Waals surface area contributed by atoms with Gasteiger partial charge in [-0.25, -0.2) is 5.01 Å². The first-order chi connectivity index (χ1) is 15.2. The van der Waals surface area contributed by atoms with Crippen molar-refractivity contribution in [3.05, 3.63) is 77.9 Å². The van der Waals surface area contributed by atoms with E-state index in [1.165, 1.54) is 7.11 Å². The summed E-state index contributed by atoms with van der Waals surface area (Å²) in [6.07, 6.45) is 1.12. The highest BCUT2D eigenvalue weighted by molar-refractivity contribution is 6.16. The van der Waals surface area contributed by atoms with Crippen LogP contribution in [0.3, 0.4) is 0 Å². The van der Waals surface area contributed by atoms with Crippen LogP contribution in [0.4, 0.5) is 17.1 Å². The number of carbonyl (C=O) groups excluding carboxylic acids is 1. The first-order valence-electron chi connectivity index (χ1n) is 10.4. The number of phenolic OH excluding ortho intramolecular Hbond substituents is 1. The number of benzene rings is 3. The average Bonchev–Trinajstić information content (AvgIpc) is 2.82. The van der Waals surface area contributed by atoms with Crippen LogP contribution < -0.4 is 14.6 Å². The maximum atomic E-state index is 12.7. The molecule has 172 valence electrons. The first-order valence-corrected chi connectivity index (χ1v) is 10.4. The molecule has 0 spiro atoms. The van der Waals surface area contributed by atoms with E-state index in [1.807, 2.05) is 65.7 Å². The molecular formula is C25H25Cl2N3O3. The molecule has 2 aliphatic heterocycles. The quantitative estimate of drug-likeness (QED) is 0.488. The van der Waals surface area contributed by atoms with Gasteiger partial charge in [0.15, 0.2) is 17.3 Å². The molecule has 0 aromatic heterocycles. The molecule has 33 heavy (non-hydrogen) atoms. The van der Waals surface area contributed by atoms with Gasteiger partial charge in [0.05, 0.1) is 35.4 Å². The van der Waals surface area contributed by atoms with Gasteiger partial charge in [-0.05, 0) is 30.3 Å². The van der Waals surface area contributed by atoms with Gasteiger partial charge in [-0.15, -0.1) is 24.8 Å². The Morgan fingerprint density at radius 1 is 0.939 bits per heavy atom. The molecular weight excluding hydrogens is 461 g/mol. The van der Waals surface area contributed by atoms with Crippen LogP contribution >= 0.6 is 24.8 Å². The third kappa shape index (κ3) is 4.36. The summed E-state index contributed by atoms with van der Waals surface area (Å²) in [4.78, 5) is 14.9. The number of aromatic hydroxyl groups is 1. The van der Waals surface area contributed by atoms with Crippen LogP contribution in [0.1, 0.15) is 28.8 Å². The lowest BCUT2D eigenvalue weighted by Crippen LogP contribution is -2.39. The third-order valence-corrected chi connectivity index (χ3v) is 5.81. The van der Waals surface area contributed by atoms with Crippen LogP contribution in [0.15, 0.2) is 71.8 Å². The number of ether oxygens (including phenoxy) is 1. The van der Waals surface area contributed by atoms with Crippen molar-refractivity contribution in [2.24, 2.45) is 5.10 Å². The molecule has 5 rings (SSSR count). The fourth-order valence-corrected chi connectivity index (χ4v) is 4.31. The second-order valence-electron chi connectivity index (χ2n) is 7.64. The number of carbonyl (C=O) groups is 1. The number of ketones is 1. The summed E-state index contributed by atoms with van der Waals surface area (Å²) in [6, 6.07) is 21.8. The van der Waals surface area contributed by atoms with E-state index >= 15 is 0 Å². The number of para-hydroxylation sites is 2. The number of nitrogens with zero attached hydrogens (tertiary/aromatic N) is 3. The zero-order valence-corrected chi connectivity index (χ0v) is 19.7. The molecule has 6 nitrogen and oxygen atoms in total. The van der Waals surface area contributed by atoms with Crippen LogP contribution in [0.5, 0.6) is 11.5 Å². The molecule has 3 aromatic carbocycles. The lowest BCUT2D eigenvalue weighted by molar-refractivity contribution is 0.0976. The average molecular weight is 486 g/mol. The van der Waals surface area contributed by atoms with Gasteiger partial charge < -0.3 is 14.7 Å². The molecule has 0 atom stereocenters. The summed E-state index contributed by atoms with van der Waals surface area (Å²) < 4.78 is 5.39. The summed E-state index contributed by atoms with van der Waals surface area (Å²) in [5, 5.41) is 17.6. The molecule has 1 N–H and O–H groups in total. The zero-order chi connectivity index (χ0) is 21.4. The molecule has 0 aliphatic carbocycles. The van der Waals surface area contributed by atoms with Gasteiger partial charge in [0.1, 0.15) is 0 Å². The number of hydrazone groups is 1. The SMILES string of the molecule is COc1cc2c3c(c1O)C(=O)CCN3CCC2=NN(c1ccccc1)c1ccccc1.Cl.Cl. The Balaban J connectivity index is 0.00000153. The highest BCUT2D eigenvalue weighted by Crippen LogP contribution is 2.45. The Hall–Kier alpha value is -3.22. The maximum Gasteiger partial charge on any atom is 0.170 e. The number of halogens is 2. The number of methoxy groups -OCH3 is 1. The van der Waals surface area contributed by atoms with Crippen molar-refractivity contribution < 1.29 is 14.6 Å². The Bertz CT molecular complexity index is 1130. The van der Waals surface area contributed by atoms with E-state index in [1.54, 1.807) is 6.07 Å². The second kappa shape index (κ2) is 10.1. The number of hydrogen-bond donors (Lipinski definition) is 1. The van der Waals surface area contributed by atoms with Crippen molar-refractivity contribution >= 4 is 53.4 Å². The fraction of sp³-hybridized carbons (Fsp3) is 0.200. The molecule has 0 unspecified atom stereocenters. The van der Waals surface area contributed by atoms with Crippen molar-refractivity contribution in [3.63, 3.8) is 0 Å². The Morgan fingerprint density at radius 3 is 2.09 bits per heavy atom. The van der Waals surface area contributed by atoms with Gasteiger partial charge in [-0.1, -0.05) is 36.4 Å². The zero-order valence-electron chi connectivity index (χ0n) is 18.1. The van der Waals surface area contributed by atoms with E-state index in [-0.39, 0.29) is 36.3 Å². The Morgan fingerprint density at radius 2 is 1.52 bits per heavy atom.